The van der Waals surface area contributed by atoms with Gasteiger partial charge in [-0.3, -0.25) is 4.79 Å². The second-order valence-electron chi connectivity index (χ2n) is 8.25. The summed E-state index contributed by atoms with van der Waals surface area (Å²) in [6.45, 7) is 10.3. The van der Waals surface area contributed by atoms with Gasteiger partial charge in [0.15, 0.2) is 0 Å². The topological polar surface area (TPSA) is 64.1 Å². The van der Waals surface area contributed by atoms with Crippen LogP contribution in [0.25, 0.3) is 6.08 Å². The maximum absolute atomic E-state index is 12.2. The standard InChI is InChI=1S/C25H27N3O2/c1-17-16-18(2)27-24(26-17)30-22-13-11-21(12-14-22)28-23(29)15-8-19-6-9-20(10-7-19)25(3,4)5/h6-16H,1-5H3,(H,28,29)/b15-8+. The van der Waals surface area contributed by atoms with Crippen LogP contribution in [0.5, 0.6) is 11.8 Å². The molecule has 0 saturated carbocycles. The van der Waals surface area contributed by atoms with E-state index in [9.17, 15) is 4.79 Å². The van der Waals surface area contributed by atoms with Gasteiger partial charge in [0.05, 0.1) is 0 Å². The van der Waals surface area contributed by atoms with E-state index in [4.69, 9.17) is 4.74 Å². The molecule has 1 amide bonds. The Kier molecular flexibility index (Phi) is 6.31. The highest BCUT2D eigenvalue weighted by Gasteiger charge is 2.12. The van der Waals surface area contributed by atoms with Crippen molar-refractivity contribution < 1.29 is 9.53 Å². The second kappa shape index (κ2) is 8.91. The Morgan fingerprint density at radius 3 is 2.10 bits per heavy atom. The van der Waals surface area contributed by atoms with Gasteiger partial charge >= 0.3 is 6.01 Å². The van der Waals surface area contributed by atoms with Gasteiger partial charge < -0.3 is 10.1 Å². The molecule has 154 valence electrons. The van der Waals surface area contributed by atoms with Crippen LogP contribution in [0.2, 0.25) is 0 Å². The molecule has 0 aliphatic heterocycles. The molecule has 0 unspecified atom stereocenters. The average Bonchev–Trinajstić information content (AvgIpc) is 2.67. The van der Waals surface area contributed by atoms with E-state index in [1.54, 1.807) is 30.3 Å². The number of nitrogens with one attached hydrogen (secondary N) is 1. The SMILES string of the molecule is Cc1cc(C)nc(Oc2ccc(NC(=O)/C=C/c3ccc(C(C)(C)C)cc3)cc2)n1. The monoisotopic (exact) mass is 401 g/mol. The average molecular weight is 402 g/mol. The van der Waals surface area contributed by atoms with E-state index < -0.39 is 0 Å². The molecular formula is C25H27N3O2. The molecule has 0 aliphatic rings. The first-order valence-electron chi connectivity index (χ1n) is 9.89. The van der Waals surface area contributed by atoms with Gasteiger partial charge in [-0.2, -0.15) is 0 Å². The molecule has 5 heteroatoms. The predicted octanol–water partition coefficient (Wildman–Crippen LogP) is 5.84. The lowest BCUT2D eigenvalue weighted by Crippen LogP contribution is -2.10. The Labute approximate surface area is 177 Å². The van der Waals surface area contributed by atoms with Crippen LogP contribution < -0.4 is 10.1 Å². The summed E-state index contributed by atoms with van der Waals surface area (Å²) >= 11 is 0. The minimum atomic E-state index is -0.193. The van der Waals surface area contributed by atoms with Gasteiger partial charge in [0.2, 0.25) is 5.91 Å². The van der Waals surface area contributed by atoms with Crippen molar-refractivity contribution in [3.8, 4) is 11.8 Å². The highest BCUT2D eigenvalue weighted by Crippen LogP contribution is 2.23. The van der Waals surface area contributed by atoms with Crippen molar-refractivity contribution in [3.63, 3.8) is 0 Å². The van der Waals surface area contributed by atoms with Crippen LogP contribution in [0.1, 0.15) is 43.3 Å². The third-order valence-corrected chi connectivity index (χ3v) is 4.50. The number of carbonyl (C=O) groups excluding carboxylic acids is 1. The summed E-state index contributed by atoms with van der Waals surface area (Å²) in [6, 6.07) is 17.5. The van der Waals surface area contributed by atoms with Gasteiger partial charge in [-0.25, -0.2) is 9.97 Å². The molecule has 1 aromatic heterocycles. The summed E-state index contributed by atoms with van der Waals surface area (Å²) in [4.78, 5) is 20.7. The van der Waals surface area contributed by atoms with Crippen molar-refractivity contribution in [3.05, 3.63) is 83.2 Å². The largest absolute Gasteiger partial charge is 0.424 e. The zero-order valence-corrected chi connectivity index (χ0v) is 18.1. The first-order chi connectivity index (χ1) is 14.2. The molecule has 1 N–H and O–H groups in total. The third-order valence-electron chi connectivity index (χ3n) is 4.50. The van der Waals surface area contributed by atoms with Crippen molar-refractivity contribution >= 4 is 17.7 Å². The minimum Gasteiger partial charge on any atom is -0.424 e. The Bertz CT molecular complexity index is 1030. The van der Waals surface area contributed by atoms with Crippen LogP contribution in [0.4, 0.5) is 5.69 Å². The zero-order chi connectivity index (χ0) is 21.7. The number of rotatable bonds is 5. The maximum Gasteiger partial charge on any atom is 0.322 e. The Hall–Kier alpha value is -3.47. The first-order valence-corrected chi connectivity index (χ1v) is 9.89. The van der Waals surface area contributed by atoms with E-state index in [-0.39, 0.29) is 11.3 Å². The highest BCUT2D eigenvalue weighted by atomic mass is 16.5. The lowest BCUT2D eigenvalue weighted by atomic mass is 9.87. The number of ether oxygens (including phenoxy) is 1. The number of amides is 1. The molecule has 0 fully saturated rings. The smallest absolute Gasteiger partial charge is 0.322 e. The van der Waals surface area contributed by atoms with Crippen molar-refractivity contribution in [2.45, 2.75) is 40.0 Å². The molecule has 3 rings (SSSR count). The van der Waals surface area contributed by atoms with E-state index in [2.05, 4.69) is 48.2 Å². The Morgan fingerprint density at radius 1 is 0.933 bits per heavy atom. The molecule has 3 aromatic rings. The summed E-state index contributed by atoms with van der Waals surface area (Å²) in [5, 5.41) is 2.84. The summed E-state index contributed by atoms with van der Waals surface area (Å²) in [5.74, 6) is 0.411. The van der Waals surface area contributed by atoms with E-state index >= 15 is 0 Å². The zero-order valence-electron chi connectivity index (χ0n) is 18.1. The van der Waals surface area contributed by atoms with Gasteiger partial charge in [-0.1, -0.05) is 45.0 Å². The fraction of sp³-hybridized carbons (Fsp3) is 0.240. The van der Waals surface area contributed by atoms with Crippen LogP contribution in [0.15, 0.2) is 60.7 Å². The molecule has 0 saturated heterocycles. The van der Waals surface area contributed by atoms with E-state index in [1.807, 2.05) is 32.0 Å². The first kappa shape index (κ1) is 21.2. The molecule has 1 heterocycles. The van der Waals surface area contributed by atoms with Crippen molar-refractivity contribution in [2.24, 2.45) is 0 Å². The Morgan fingerprint density at radius 2 is 1.53 bits per heavy atom. The lowest BCUT2D eigenvalue weighted by Gasteiger charge is -2.18. The quantitative estimate of drug-likeness (QED) is 0.546. The van der Waals surface area contributed by atoms with Crippen molar-refractivity contribution in [2.75, 3.05) is 5.32 Å². The maximum atomic E-state index is 12.2. The predicted molar refractivity (Wildman–Crippen MR) is 121 cm³/mol. The fourth-order valence-electron chi connectivity index (χ4n) is 2.90. The molecule has 2 aromatic carbocycles. The second-order valence-corrected chi connectivity index (χ2v) is 8.25. The summed E-state index contributed by atoms with van der Waals surface area (Å²) < 4.78 is 5.69. The number of nitrogens with zero attached hydrogens (tertiary/aromatic N) is 2. The van der Waals surface area contributed by atoms with Gasteiger partial charge in [0.25, 0.3) is 0 Å². The molecule has 30 heavy (non-hydrogen) atoms. The van der Waals surface area contributed by atoms with Crippen molar-refractivity contribution in [1.82, 2.24) is 9.97 Å². The van der Waals surface area contributed by atoms with Gasteiger partial charge in [0, 0.05) is 23.2 Å². The van der Waals surface area contributed by atoms with E-state index in [1.165, 1.54) is 11.6 Å². The molecule has 0 radical (unpaired) electrons. The molecule has 0 atom stereocenters. The van der Waals surface area contributed by atoms with E-state index in [0.29, 0.717) is 17.4 Å². The molecule has 0 spiro atoms. The van der Waals surface area contributed by atoms with E-state index in [0.717, 1.165) is 17.0 Å². The van der Waals surface area contributed by atoms with Crippen LogP contribution in [0.3, 0.4) is 0 Å². The van der Waals surface area contributed by atoms with Crippen LogP contribution in [0, 0.1) is 13.8 Å². The van der Waals surface area contributed by atoms with Gasteiger partial charge in [-0.15, -0.1) is 0 Å². The molecular weight excluding hydrogens is 374 g/mol. The molecule has 0 bridgehead atoms. The normalized spacial score (nSPS) is 11.5. The van der Waals surface area contributed by atoms with Crippen LogP contribution >= 0.6 is 0 Å². The summed E-state index contributed by atoms with van der Waals surface area (Å²) in [5.41, 5.74) is 4.73. The van der Waals surface area contributed by atoms with Gasteiger partial charge in [0.1, 0.15) is 5.75 Å². The lowest BCUT2D eigenvalue weighted by molar-refractivity contribution is -0.111. The fourth-order valence-corrected chi connectivity index (χ4v) is 2.90. The highest BCUT2D eigenvalue weighted by molar-refractivity contribution is 6.01. The van der Waals surface area contributed by atoms with Crippen LogP contribution in [-0.2, 0) is 10.2 Å². The third kappa shape index (κ3) is 6.01. The summed E-state index contributed by atoms with van der Waals surface area (Å²) in [7, 11) is 0. The number of aromatic nitrogens is 2. The number of aryl methyl sites for hydroxylation is 2. The molecule has 0 aliphatic carbocycles. The van der Waals surface area contributed by atoms with Crippen molar-refractivity contribution in [1.29, 1.82) is 0 Å². The van der Waals surface area contributed by atoms with Gasteiger partial charge in [-0.05, 0) is 66.8 Å². The number of anilines is 1. The number of carbonyl (C=O) groups is 1. The number of benzene rings is 2. The molecule has 5 nitrogen and oxygen atoms in total. The number of hydrogen-bond acceptors (Lipinski definition) is 4. The van der Waals surface area contributed by atoms with Crippen LogP contribution in [-0.4, -0.2) is 15.9 Å². The Balaban J connectivity index is 1.58. The summed E-state index contributed by atoms with van der Waals surface area (Å²) in [6.07, 6.45) is 3.33. The number of hydrogen-bond donors (Lipinski definition) is 1. The minimum absolute atomic E-state index is 0.111.